The Bertz CT molecular complexity index is 1130. The van der Waals surface area contributed by atoms with E-state index in [2.05, 4.69) is 53.4 Å². The SMILES string of the molecule is Cc1nnc(N[C@H](C)c2cccc(C(F)F)c2F)c2cc3c(cc12)C(C)(C)CN3C. The number of likely N-dealkylation sites (N-methyl/N-ethyl adjacent to an activating group) is 1. The average molecular weight is 414 g/mol. The summed E-state index contributed by atoms with van der Waals surface area (Å²) in [6, 6.07) is 7.75. The highest BCUT2D eigenvalue weighted by molar-refractivity contribution is 5.97. The van der Waals surface area contributed by atoms with Crippen LogP contribution < -0.4 is 10.2 Å². The van der Waals surface area contributed by atoms with Crippen LogP contribution in [0.4, 0.5) is 24.7 Å². The molecule has 2 aromatic carbocycles. The lowest BCUT2D eigenvalue weighted by atomic mass is 9.86. The first kappa shape index (κ1) is 20.4. The van der Waals surface area contributed by atoms with Crippen molar-refractivity contribution in [2.75, 3.05) is 23.8 Å². The summed E-state index contributed by atoms with van der Waals surface area (Å²) >= 11 is 0. The molecular weight excluding hydrogens is 389 g/mol. The van der Waals surface area contributed by atoms with E-state index in [1.165, 1.54) is 17.7 Å². The summed E-state index contributed by atoms with van der Waals surface area (Å²) in [6.45, 7) is 8.97. The largest absolute Gasteiger partial charge is 0.373 e. The van der Waals surface area contributed by atoms with Crippen LogP contribution in [0.3, 0.4) is 0 Å². The number of hydrogen-bond acceptors (Lipinski definition) is 4. The molecule has 0 aliphatic carbocycles. The number of anilines is 2. The van der Waals surface area contributed by atoms with Gasteiger partial charge in [-0.1, -0.05) is 32.0 Å². The van der Waals surface area contributed by atoms with Crippen LogP contribution in [0.5, 0.6) is 0 Å². The topological polar surface area (TPSA) is 41.1 Å². The summed E-state index contributed by atoms with van der Waals surface area (Å²) in [5.41, 5.74) is 2.78. The molecule has 1 N–H and O–H groups in total. The van der Waals surface area contributed by atoms with E-state index in [0.29, 0.717) is 5.82 Å². The summed E-state index contributed by atoms with van der Waals surface area (Å²) in [5.74, 6) is -0.384. The van der Waals surface area contributed by atoms with Crippen molar-refractivity contribution >= 4 is 22.3 Å². The molecule has 2 heterocycles. The van der Waals surface area contributed by atoms with E-state index < -0.39 is 23.8 Å². The minimum absolute atomic E-state index is 0.0215. The Hall–Kier alpha value is -2.83. The molecule has 1 aliphatic rings. The fourth-order valence-corrected chi connectivity index (χ4v) is 4.40. The number of nitrogens with one attached hydrogen (secondary N) is 1. The van der Waals surface area contributed by atoms with Gasteiger partial charge >= 0.3 is 0 Å². The highest BCUT2D eigenvalue weighted by atomic mass is 19.3. The first-order valence-electron chi connectivity index (χ1n) is 9.96. The highest BCUT2D eigenvalue weighted by Gasteiger charge is 2.34. The number of fused-ring (bicyclic) bond motifs is 2. The maximum Gasteiger partial charge on any atom is 0.266 e. The van der Waals surface area contributed by atoms with Gasteiger partial charge in [0.1, 0.15) is 5.82 Å². The van der Waals surface area contributed by atoms with Crippen LogP contribution in [0, 0.1) is 12.7 Å². The zero-order valence-corrected chi connectivity index (χ0v) is 17.7. The van der Waals surface area contributed by atoms with E-state index in [4.69, 9.17) is 0 Å². The first-order valence-corrected chi connectivity index (χ1v) is 9.96. The van der Waals surface area contributed by atoms with Crippen molar-refractivity contribution in [1.82, 2.24) is 10.2 Å². The van der Waals surface area contributed by atoms with Gasteiger partial charge in [0, 0.05) is 41.0 Å². The summed E-state index contributed by atoms with van der Waals surface area (Å²) in [7, 11) is 2.06. The van der Waals surface area contributed by atoms with Crippen molar-refractivity contribution in [3.63, 3.8) is 0 Å². The predicted molar refractivity (Wildman–Crippen MR) is 114 cm³/mol. The van der Waals surface area contributed by atoms with Gasteiger partial charge in [-0.15, -0.1) is 5.10 Å². The summed E-state index contributed by atoms with van der Waals surface area (Å²) < 4.78 is 40.8. The van der Waals surface area contributed by atoms with Crippen LogP contribution in [0.15, 0.2) is 30.3 Å². The Kier molecular flexibility index (Phi) is 4.87. The van der Waals surface area contributed by atoms with Gasteiger partial charge in [-0.05, 0) is 31.5 Å². The lowest BCUT2D eigenvalue weighted by Gasteiger charge is -2.20. The van der Waals surface area contributed by atoms with Crippen molar-refractivity contribution in [3.05, 3.63) is 58.5 Å². The van der Waals surface area contributed by atoms with Crippen molar-refractivity contribution in [2.24, 2.45) is 0 Å². The minimum Gasteiger partial charge on any atom is -0.373 e. The molecule has 7 heteroatoms. The Morgan fingerprint density at radius 3 is 2.50 bits per heavy atom. The lowest BCUT2D eigenvalue weighted by molar-refractivity contribution is 0.146. The van der Waals surface area contributed by atoms with Gasteiger partial charge in [-0.3, -0.25) is 0 Å². The molecule has 1 aromatic heterocycles. The van der Waals surface area contributed by atoms with Crippen molar-refractivity contribution in [3.8, 4) is 0 Å². The molecule has 1 aliphatic heterocycles. The smallest absolute Gasteiger partial charge is 0.266 e. The van der Waals surface area contributed by atoms with Gasteiger partial charge in [0.25, 0.3) is 6.43 Å². The number of benzene rings is 2. The molecule has 0 spiro atoms. The maximum atomic E-state index is 14.6. The molecule has 0 bridgehead atoms. The number of aromatic nitrogens is 2. The lowest BCUT2D eigenvalue weighted by Crippen LogP contribution is -2.24. The first-order chi connectivity index (χ1) is 14.1. The van der Waals surface area contributed by atoms with E-state index in [-0.39, 0.29) is 11.0 Å². The van der Waals surface area contributed by atoms with E-state index >= 15 is 0 Å². The summed E-state index contributed by atoms with van der Waals surface area (Å²) in [6.07, 6.45) is -2.86. The Labute approximate surface area is 174 Å². The molecule has 3 aromatic rings. The Balaban J connectivity index is 1.79. The fraction of sp³-hybridized carbons (Fsp3) is 0.391. The summed E-state index contributed by atoms with van der Waals surface area (Å²) in [5, 5.41) is 13.6. The molecule has 158 valence electrons. The standard InChI is InChI=1S/C23H25F3N4/c1-12(14-7-6-8-15(20(14)24)21(25)26)27-22-17-10-19-18(23(3,4)11-30(19)5)9-16(17)13(2)28-29-22/h6-10,12,21H,11H2,1-5H3,(H,27,29)/t12-/m1/s1. The molecule has 0 saturated heterocycles. The third-order valence-corrected chi connectivity index (χ3v) is 5.97. The molecule has 0 fully saturated rings. The van der Waals surface area contributed by atoms with Crippen molar-refractivity contribution < 1.29 is 13.2 Å². The average Bonchev–Trinajstić information content (AvgIpc) is 2.91. The molecule has 1 atom stereocenters. The molecule has 30 heavy (non-hydrogen) atoms. The van der Waals surface area contributed by atoms with E-state index in [1.807, 2.05) is 6.92 Å². The van der Waals surface area contributed by atoms with Crippen molar-refractivity contribution in [1.29, 1.82) is 0 Å². The van der Waals surface area contributed by atoms with E-state index in [1.54, 1.807) is 6.92 Å². The minimum atomic E-state index is -2.86. The Morgan fingerprint density at radius 2 is 1.80 bits per heavy atom. The second kappa shape index (κ2) is 7.15. The van der Waals surface area contributed by atoms with Gasteiger partial charge in [0.2, 0.25) is 0 Å². The molecule has 0 amide bonds. The number of hydrogen-bond donors (Lipinski definition) is 1. The second-order valence-corrected chi connectivity index (χ2v) is 8.71. The third kappa shape index (κ3) is 3.26. The van der Waals surface area contributed by atoms with Crippen LogP contribution in [0.25, 0.3) is 10.8 Å². The molecule has 0 radical (unpaired) electrons. The third-order valence-electron chi connectivity index (χ3n) is 5.97. The van der Waals surface area contributed by atoms with Crippen LogP contribution in [0.1, 0.15) is 55.6 Å². The molecular formula is C23H25F3N4. The molecule has 4 rings (SSSR count). The van der Waals surface area contributed by atoms with Crippen LogP contribution in [-0.2, 0) is 5.41 Å². The number of aryl methyl sites for hydroxylation is 1. The van der Waals surface area contributed by atoms with Crippen LogP contribution in [0.2, 0.25) is 0 Å². The number of nitrogens with zero attached hydrogens (tertiary/aromatic N) is 3. The second-order valence-electron chi connectivity index (χ2n) is 8.71. The molecule has 0 saturated carbocycles. The predicted octanol–water partition coefficient (Wildman–Crippen LogP) is 5.92. The van der Waals surface area contributed by atoms with Gasteiger partial charge in [-0.25, -0.2) is 13.2 Å². The van der Waals surface area contributed by atoms with Gasteiger partial charge in [-0.2, -0.15) is 5.10 Å². The quantitative estimate of drug-likeness (QED) is 0.576. The molecule has 0 unspecified atom stereocenters. The zero-order valence-electron chi connectivity index (χ0n) is 17.7. The fourth-order valence-electron chi connectivity index (χ4n) is 4.40. The van der Waals surface area contributed by atoms with Gasteiger partial charge in [0.15, 0.2) is 5.82 Å². The zero-order chi connectivity index (χ0) is 21.8. The van der Waals surface area contributed by atoms with E-state index in [0.717, 1.165) is 34.8 Å². The number of halogens is 3. The van der Waals surface area contributed by atoms with Gasteiger partial charge in [0.05, 0.1) is 17.3 Å². The van der Waals surface area contributed by atoms with Crippen LogP contribution >= 0.6 is 0 Å². The monoisotopic (exact) mass is 414 g/mol. The maximum absolute atomic E-state index is 14.6. The summed E-state index contributed by atoms with van der Waals surface area (Å²) in [4.78, 5) is 2.21. The van der Waals surface area contributed by atoms with Crippen LogP contribution in [-0.4, -0.2) is 23.8 Å². The van der Waals surface area contributed by atoms with Gasteiger partial charge < -0.3 is 10.2 Å². The molecule has 4 nitrogen and oxygen atoms in total. The number of alkyl halides is 2. The normalized spacial score (nSPS) is 16.2. The highest BCUT2D eigenvalue weighted by Crippen LogP contribution is 2.43. The van der Waals surface area contributed by atoms with E-state index in [9.17, 15) is 13.2 Å². The number of rotatable bonds is 4. The van der Waals surface area contributed by atoms with Crippen molar-refractivity contribution in [2.45, 2.75) is 45.6 Å². The Morgan fingerprint density at radius 1 is 1.10 bits per heavy atom.